The Morgan fingerprint density at radius 2 is 1.80 bits per heavy atom. The molecule has 0 unspecified atom stereocenters. The minimum absolute atomic E-state index is 0.727. The fourth-order valence-electron chi connectivity index (χ4n) is 2.12. The molecule has 20 heavy (non-hydrogen) atoms. The average Bonchev–Trinajstić information content (AvgIpc) is 2.48. The van der Waals surface area contributed by atoms with Gasteiger partial charge in [0.15, 0.2) is 0 Å². The molecule has 2 nitrogen and oxygen atoms in total. The van der Waals surface area contributed by atoms with Gasteiger partial charge in [0, 0.05) is 10.6 Å². The van der Waals surface area contributed by atoms with Crippen molar-refractivity contribution in [2.24, 2.45) is 0 Å². The molecule has 1 N–H and O–H groups in total. The van der Waals surface area contributed by atoms with E-state index in [0.717, 1.165) is 34.0 Å². The number of nitriles is 1. The fourth-order valence-corrected chi connectivity index (χ4v) is 2.91. The number of hydrogen-bond donors (Lipinski definition) is 1. The van der Waals surface area contributed by atoms with Gasteiger partial charge in [-0.1, -0.05) is 38.1 Å². The summed E-state index contributed by atoms with van der Waals surface area (Å²) >= 11 is 1.70. The van der Waals surface area contributed by atoms with Crippen LogP contribution in [0.15, 0.2) is 47.4 Å². The molecule has 0 fully saturated rings. The third-order valence-electron chi connectivity index (χ3n) is 3.11. The molecule has 3 heteroatoms. The third kappa shape index (κ3) is 3.15. The molecule has 0 heterocycles. The predicted molar refractivity (Wildman–Crippen MR) is 86.7 cm³/mol. The van der Waals surface area contributed by atoms with Crippen LogP contribution >= 0.6 is 11.8 Å². The van der Waals surface area contributed by atoms with E-state index < -0.39 is 0 Å². The topological polar surface area (TPSA) is 35.8 Å². The van der Waals surface area contributed by atoms with Crippen LogP contribution in [0.1, 0.15) is 25.0 Å². The Kier molecular flexibility index (Phi) is 5.09. The Morgan fingerprint density at radius 3 is 2.50 bits per heavy atom. The molecule has 0 aliphatic rings. The summed E-state index contributed by atoms with van der Waals surface area (Å²) < 4.78 is 0. The van der Waals surface area contributed by atoms with Gasteiger partial charge in [0.1, 0.15) is 6.07 Å². The molecular weight excluding hydrogens is 264 g/mol. The molecule has 0 saturated carbocycles. The van der Waals surface area contributed by atoms with Crippen LogP contribution in [0.2, 0.25) is 0 Å². The lowest BCUT2D eigenvalue weighted by molar-refractivity contribution is 1.14. The number of para-hydroxylation sites is 1. The molecule has 2 aromatic carbocycles. The van der Waals surface area contributed by atoms with E-state index in [9.17, 15) is 5.26 Å². The van der Waals surface area contributed by atoms with E-state index in [0.29, 0.717) is 0 Å². The van der Waals surface area contributed by atoms with Gasteiger partial charge in [-0.25, -0.2) is 0 Å². The number of rotatable bonds is 5. The zero-order valence-electron chi connectivity index (χ0n) is 11.8. The van der Waals surface area contributed by atoms with Gasteiger partial charge in [0.25, 0.3) is 0 Å². The Labute approximate surface area is 124 Å². The Morgan fingerprint density at radius 1 is 1.05 bits per heavy atom. The molecule has 0 amide bonds. The van der Waals surface area contributed by atoms with Crippen molar-refractivity contribution in [1.82, 2.24) is 0 Å². The van der Waals surface area contributed by atoms with Crippen LogP contribution in [0.4, 0.5) is 11.4 Å². The van der Waals surface area contributed by atoms with Crippen LogP contribution in [-0.2, 0) is 6.42 Å². The second-order valence-corrected chi connectivity index (χ2v) is 5.67. The van der Waals surface area contributed by atoms with Crippen LogP contribution in [0.3, 0.4) is 0 Å². The van der Waals surface area contributed by atoms with E-state index in [4.69, 9.17) is 0 Å². The molecule has 0 saturated heterocycles. The molecule has 2 aromatic rings. The van der Waals surface area contributed by atoms with Crippen molar-refractivity contribution in [3.63, 3.8) is 0 Å². The zero-order valence-corrected chi connectivity index (χ0v) is 12.6. The normalized spacial score (nSPS) is 10.1. The van der Waals surface area contributed by atoms with E-state index in [-0.39, 0.29) is 0 Å². The van der Waals surface area contributed by atoms with Crippen LogP contribution in [0.25, 0.3) is 0 Å². The Bertz CT molecular complexity index is 629. The SMILES string of the molecule is CCSc1cccc(Nc2ccccc2CC)c1C#N. The molecule has 0 aliphatic carbocycles. The Balaban J connectivity index is 2.39. The van der Waals surface area contributed by atoms with Crippen LogP contribution in [0, 0.1) is 11.3 Å². The summed E-state index contributed by atoms with van der Waals surface area (Å²) in [6.45, 7) is 4.23. The number of nitrogens with zero attached hydrogens (tertiary/aromatic N) is 1. The molecule has 0 radical (unpaired) electrons. The summed E-state index contributed by atoms with van der Waals surface area (Å²) in [5.41, 5.74) is 3.94. The molecule has 0 bridgehead atoms. The molecule has 0 aromatic heterocycles. The first-order valence-corrected chi connectivity index (χ1v) is 7.79. The average molecular weight is 282 g/mol. The zero-order chi connectivity index (χ0) is 14.4. The highest BCUT2D eigenvalue weighted by atomic mass is 32.2. The van der Waals surface area contributed by atoms with Crippen LogP contribution in [0.5, 0.6) is 0 Å². The van der Waals surface area contributed by atoms with Gasteiger partial charge in [-0.15, -0.1) is 11.8 Å². The van der Waals surface area contributed by atoms with Crippen molar-refractivity contribution >= 4 is 23.1 Å². The van der Waals surface area contributed by atoms with Crippen molar-refractivity contribution in [2.45, 2.75) is 25.2 Å². The fraction of sp³-hybridized carbons (Fsp3) is 0.235. The second-order valence-electron chi connectivity index (χ2n) is 4.36. The van der Waals surface area contributed by atoms with Gasteiger partial charge in [-0.05, 0) is 35.9 Å². The van der Waals surface area contributed by atoms with Gasteiger partial charge >= 0.3 is 0 Å². The van der Waals surface area contributed by atoms with E-state index in [1.54, 1.807) is 11.8 Å². The highest BCUT2D eigenvalue weighted by molar-refractivity contribution is 7.99. The number of benzene rings is 2. The monoisotopic (exact) mass is 282 g/mol. The predicted octanol–water partition coefficient (Wildman–Crippen LogP) is 4.98. The van der Waals surface area contributed by atoms with Gasteiger partial charge in [0.2, 0.25) is 0 Å². The summed E-state index contributed by atoms with van der Waals surface area (Å²) in [6, 6.07) is 16.5. The second kappa shape index (κ2) is 7.02. The summed E-state index contributed by atoms with van der Waals surface area (Å²) in [6.07, 6.45) is 0.967. The first-order valence-electron chi connectivity index (χ1n) is 6.81. The van der Waals surface area contributed by atoms with E-state index >= 15 is 0 Å². The minimum atomic E-state index is 0.727. The quantitative estimate of drug-likeness (QED) is 0.786. The summed E-state index contributed by atoms with van der Waals surface area (Å²) in [7, 11) is 0. The van der Waals surface area contributed by atoms with E-state index in [1.165, 1.54) is 5.56 Å². The molecule has 0 aliphatic heterocycles. The van der Waals surface area contributed by atoms with Crippen molar-refractivity contribution in [2.75, 3.05) is 11.1 Å². The summed E-state index contributed by atoms with van der Waals surface area (Å²) in [4.78, 5) is 1.04. The lowest BCUT2D eigenvalue weighted by Gasteiger charge is -2.13. The lowest BCUT2D eigenvalue weighted by Crippen LogP contribution is -1.98. The van der Waals surface area contributed by atoms with Crippen molar-refractivity contribution in [1.29, 1.82) is 5.26 Å². The van der Waals surface area contributed by atoms with Gasteiger partial charge in [-0.3, -0.25) is 0 Å². The smallest absolute Gasteiger partial charge is 0.103 e. The molecule has 102 valence electrons. The summed E-state index contributed by atoms with van der Waals surface area (Å²) in [5.74, 6) is 0.962. The third-order valence-corrected chi connectivity index (χ3v) is 4.05. The number of nitrogens with one attached hydrogen (secondary N) is 1. The first-order chi connectivity index (χ1) is 9.80. The highest BCUT2D eigenvalue weighted by Crippen LogP contribution is 2.30. The summed E-state index contributed by atoms with van der Waals surface area (Å²) in [5, 5.41) is 12.8. The Hall–Kier alpha value is -1.92. The highest BCUT2D eigenvalue weighted by Gasteiger charge is 2.09. The maximum Gasteiger partial charge on any atom is 0.103 e. The van der Waals surface area contributed by atoms with E-state index in [2.05, 4.69) is 37.4 Å². The number of aryl methyl sites for hydroxylation is 1. The molecule has 0 spiro atoms. The first kappa shape index (κ1) is 14.5. The minimum Gasteiger partial charge on any atom is -0.354 e. The number of anilines is 2. The van der Waals surface area contributed by atoms with Gasteiger partial charge in [0.05, 0.1) is 11.3 Å². The standard InChI is InChI=1S/C17H18N2S/c1-3-13-8-5-6-9-15(13)19-16-10-7-11-17(20-4-2)14(16)12-18/h5-11,19H,3-4H2,1-2H3. The van der Waals surface area contributed by atoms with Gasteiger partial charge < -0.3 is 5.32 Å². The number of thioether (sulfide) groups is 1. The van der Waals surface area contributed by atoms with Crippen molar-refractivity contribution in [3.8, 4) is 6.07 Å². The van der Waals surface area contributed by atoms with Crippen LogP contribution in [-0.4, -0.2) is 5.75 Å². The maximum absolute atomic E-state index is 9.43. The maximum atomic E-state index is 9.43. The molecular formula is C17H18N2S. The van der Waals surface area contributed by atoms with Crippen molar-refractivity contribution < 1.29 is 0 Å². The van der Waals surface area contributed by atoms with Crippen LogP contribution < -0.4 is 5.32 Å². The lowest BCUT2D eigenvalue weighted by atomic mass is 10.1. The van der Waals surface area contributed by atoms with Crippen molar-refractivity contribution in [3.05, 3.63) is 53.6 Å². The van der Waals surface area contributed by atoms with E-state index in [1.807, 2.05) is 30.3 Å². The largest absolute Gasteiger partial charge is 0.354 e. The molecule has 0 atom stereocenters. The molecule has 2 rings (SSSR count). The van der Waals surface area contributed by atoms with Gasteiger partial charge in [-0.2, -0.15) is 5.26 Å². The number of hydrogen-bond acceptors (Lipinski definition) is 3.